The van der Waals surface area contributed by atoms with Crippen LogP contribution in [0.3, 0.4) is 0 Å². The number of aliphatic hydroxyl groups excluding tert-OH is 1. The highest BCUT2D eigenvalue weighted by atomic mass is 19.3. The summed E-state index contributed by atoms with van der Waals surface area (Å²) < 4.78 is 32.3. The molecular weight excluding hydrogens is 344 g/mol. The number of alkyl halides is 2. The van der Waals surface area contributed by atoms with Crippen LogP contribution in [-0.2, 0) is 0 Å². The number of hydrogen-bond acceptors (Lipinski definition) is 6. The fraction of sp³-hybridized carbons (Fsp3) is 0.722. The van der Waals surface area contributed by atoms with Crippen molar-refractivity contribution in [2.24, 2.45) is 5.92 Å². The predicted molar refractivity (Wildman–Crippen MR) is 91.4 cm³/mol. The number of rotatable bonds is 6. The molecule has 4 rings (SSSR count). The van der Waals surface area contributed by atoms with Gasteiger partial charge in [-0.3, -0.25) is 4.90 Å². The minimum Gasteiger partial charge on any atom is -0.476 e. The summed E-state index contributed by atoms with van der Waals surface area (Å²) in [4.78, 5) is 7.74. The fourth-order valence-corrected chi connectivity index (χ4v) is 3.48. The number of likely N-dealkylation sites (tertiary alicyclic amines) is 1. The summed E-state index contributed by atoms with van der Waals surface area (Å²) in [6.07, 6.45) is 1.85. The van der Waals surface area contributed by atoms with Gasteiger partial charge in [0.25, 0.3) is 5.92 Å². The van der Waals surface area contributed by atoms with Gasteiger partial charge in [-0.15, -0.1) is 0 Å². The maximum absolute atomic E-state index is 13.2. The van der Waals surface area contributed by atoms with Gasteiger partial charge >= 0.3 is 0 Å². The smallest absolute Gasteiger partial charge is 0.282 e. The van der Waals surface area contributed by atoms with Crippen molar-refractivity contribution in [2.45, 2.75) is 43.9 Å². The number of hydrogen-bond donors (Lipinski definition) is 2. The molecule has 1 aliphatic carbocycles. The molecule has 1 saturated carbocycles. The molecule has 0 bridgehead atoms. The number of β-amino-alcohol motifs (C(OH)–C–C–N with tert-alkyl or cyclic N) is 1. The quantitative estimate of drug-likeness (QED) is 0.797. The highest BCUT2D eigenvalue weighted by molar-refractivity contribution is 5.58. The van der Waals surface area contributed by atoms with E-state index in [9.17, 15) is 19.0 Å². The Morgan fingerprint density at radius 3 is 2.62 bits per heavy atom. The van der Waals surface area contributed by atoms with E-state index in [4.69, 9.17) is 4.74 Å². The van der Waals surface area contributed by atoms with Crippen LogP contribution in [0.2, 0.25) is 0 Å². The van der Waals surface area contributed by atoms with Gasteiger partial charge in [0.15, 0.2) is 6.23 Å². The van der Waals surface area contributed by atoms with Crippen LogP contribution < -0.4 is 9.64 Å². The van der Waals surface area contributed by atoms with Gasteiger partial charge in [-0.1, -0.05) is 0 Å². The highest BCUT2D eigenvalue weighted by Crippen LogP contribution is 2.39. The van der Waals surface area contributed by atoms with E-state index in [1.54, 1.807) is 28.9 Å². The van der Waals surface area contributed by atoms with E-state index < -0.39 is 17.8 Å². The second kappa shape index (κ2) is 6.28. The van der Waals surface area contributed by atoms with Crippen LogP contribution in [0.5, 0.6) is 5.88 Å². The number of halogens is 2. The first-order valence-corrected chi connectivity index (χ1v) is 9.13. The molecule has 8 heteroatoms. The molecule has 0 spiro atoms. The second-order valence-electron chi connectivity index (χ2n) is 8.12. The topological polar surface area (TPSA) is 69.1 Å². The minimum absolute atomic E-state index is 0.301. The zero-order valence-electron chi connectivity index (χ0n) is 14.9. The lowest BCUT2D eigenvalue weighted by Gasteiger charge is -2.40. The van der Waals surface area contributed by atoms with Crippen LogP contribution in [-0.4, -0.2) is 64.4 Å². The van der Waals surface area contributed by atoms with Crippen molar-refractivity contribution < 1.29 is 23.7 Å². The summed E-state index contributed by atoms with van der Waals surface area (Å²) in [5.74, 6) is -1.87. The molecule has 1 aromatic heterocycles. The predicted octanol–water partition coefficient (Wildman–Crippen LogP) is 1.77. The van der Waals surface area contributed by atoms with Crippen LogP contribution in [0.25, 0.3) is 0 Å². The van der Waals surface area contributed by atoms with E-state index in [-0.39, 0.29) is 13.1 Å². The molecule has 3 heterocycles. The number of anilines is 1. The molecule has 6 nitrogen and oxygen atoms in total. The lowest BCUT2D eigenvalue weighted by Crippen LogP contribution is -2.56. The largest absolute Gasteiger partial charge is 0.476 e. The van der Waals surface area contributed by atoms with Gasteiger partial charge in [-0.05, 0) is 44.2 Å². The molecule has 0 amide bonds. The van der Waals surface area contributed by atoms with Gasteiger partial charge in [0, 0.05) is 13.1 Å². The zero-order valence-corrected chi connectivity index (χ0v) is 14.9. The van der Waals surface area contributed by atoms with Crippen molar-refractivity contribution in [3.8, 4) is 5.88 Å². The number of aliphatic hydroxyl groups is 2. The van der Waals surface area contributed by atoms with Crippen LogP contribution in [0.4, 0.5) is 14.5 Å². The number of aromatic nitrogens is 1. The normalized spacial score (nSPS) is 29.5. The molecule has 0 radical (unpaired) electrons. The van der Waals surface area contributed by atoms with Crippen molar-refractivity contribution >= 4 is 5.69 Å². The van der Waals surface area contributed by atoms with Crippen LogP contribution in [0.15, 0.2) is 12.1 Å². The lowest BCUT2D eigenvalue weighted by molar-refractivity contribution is -0.0266. The van der Waals surface area contributed by atoms with Crippen molar-refractivity contribution in [3.05, 3.63) is 17.8 Å². The Morgan fingerprint density at radius 1 is 1.31 bits per heavy atom. The van der Waals surface area contributed by atoms with E-state index in [0.29, 0.717) is 49.3 Å². The maximum Gasteiger partial charge on any atom is 0.282 e. The standard InChI is InChI=1S/C18H25F2N3O3/c1-17(25)6-7-22(9-17)16(24)13-4-5-14(23-10-18(19,20)11-23)15(21-13)26-8-12-2-3-12/h4-5,12,16,24-25H,2-3,6-11H2,1H3. The molecule has 3 fully saturated rings. The summed E-state index contributed by atoms with van der Waals surface area (Å²) in [5.41, 5.74) is 0.126. The second-order valence-corrected chi connectivity index (χ2v) is 8.12. The average molecular weight is 369 g/mol. The minimum atomic E-state index is -2.67. The molecule has 2 unspecified atom stereocenters. The SMILES string of the molecule is CC1(O)CCN(C(O)c2ccc(N3CC(F)(F)C3)c(OCC3CC3)n2)C1. The Hall–Kier alpha value is -1.51. The Kier molecular flexibility index (Phi) is 4.32. The Bertz CT molecular complexity index is 674. The molecule has 0 aromatic carbocycles. The Balaban J connectivity index is 1.53. The molecule has 2 atom stereocenters. The van der Waals surface area contributed by atoms with Crippen LogP contribution in [0, 0.1) is 5.92 Å². The molecule has 144 valence electrons. The first kappa shape index (κ1) is 17.9. The highest BCUT2D eigenvalue weighted by Gasteiger charge is 2.45. The van der Waals surface area contributed by atoms with E-state index in [2.05, 4.69) is 4.98 Å². The molecule has 2 saturated heterocycles. The van der Waals surface area contributed by atoms with Gasteiger partial charge in [0.05, 0.1) is 31.0 Å². The summed E-state index contributed by atoms with van der Waals surface area (Å²) in [7, 11) is 0. The monoisotopic (exact) mass is 369 g/mol. The molecule has 3 aliphatic rings. The first-order chi connectivity index (χ1) is 12.2. The van der Waals surface area contributed by atoms with Crippen molar-refractivity contribution in [1.29, 1.82) is 0 Å². The maximum atomic E-state index is 13.2. The third-order valence-electron chi connectivity index (χ3n) is 5.29. The van der Waals surface area contributed by atoms with Crippen molar-refractivity contribution in [2.75, 3.05) is 37.7 Å². The van der Waals surface area contributed by atoms with Gasteiger partial charge in [-0.25, -0.2) is 13.8 Å². The molecular formula is C18H25F2N3O3. The lowest BCUT2D eigenvalue weighted by atomic mass is 10.1. The Morgan fingerprint density at radius 2 is 2.04 bits per heavy atom. The van der Waals surface area contributed by atoms with E-state index in [0.717, 1.165) is 12.8 Å². The van der Waals surface area contributed by atoms with Gasteiger partial charge in [0.2, 0.25) is 5.88 Å². The third kappa shape index (κ3) is 3.77. The van der Waals surface area contributed by atoms with Crippen molar-refractivity contribution in [3.63, 3.8) is 0 Å². The van der Waals surface area contributed by atoms with Crippen LogP contribution in [0.1, 0.15) is 38.1 Å². The van der Waals surface area contributed by atoms with Crippen molar-refractivity contribution in [1.82, 2.24) is 9.88 Å². The number of ether oxygens (including phenoxy) is 1. The third-order valence-corrected chi connectivity index (χ3v) is 5.29. The average Bonchev–Trinajstić information content (AvgIpc) is 3.31. The number of nitrogens with zero attached hydrogens (tertiary/aromatic N) is 3. The van der Waals surface area contributed by atoms with Gasteiger partial charge < -0.3 is 19.8 Å². The summed E-state index contributed by atoms with van der Waals surface area (Å²) in [6, 6.07) is 3.34. The summed E-state index contributed by atoms with van der Waals surface area (Å²) in [5, 5.41) is 20.7. The van der Waals surface area contributed by atoms with Crippen LogP contribution >= 0.6 is 0 Å². The Labute approximate surface area is 151 Å². The van der Waals surface area contributed by atoms with E-state index in [1.165, 1.54) is 0 Å². The molecule has 2 N–H and O–H groups in total. The fourth-order valence-electron chi connectivity index (χ4n) is 3.48. The van der Waals surface area contributed by atoms with Gasteiger partial charge in [0.1, 0.15) is 5.69 Å². The van der Waals surface area contributed by atoms with E-state index in [1.807, 2.05) is 0 Å². The summed E-state index contributed by atoms with van der Waals surface area (Å²) >= 11 is 0. The molecule has 2 aliphatic heterocycles. The molecule has 1 aromatic rings. The first-order valence-electron chi connectivity index (χ1n) is 9.13. The van der Waals surface area contributed by atoms with E-state index >= 15 is 0 Å². The molecule has 26 heavy (non-hydrogen) atoms. The summed E-state index contributed by atoms with van der Waals surface area (Å²) in [6.45, 7) is 2.49. The zero-order chi connectivity index (χ0) is 18.5. The number of pyridine rings is 1. The van der Waals surface area contributed by atoms with Gasteiger partial charge in [-0.2, -0.15) is 0 Å².